The number of nitrogens with two attached hydrogens (primary N) is 1. The lowest BCUT2D eigenvalue weighted by atomic mass is 10.2. The fourth-order valence-electron chi connectivity index (χ4n) is 2.09. The second-order valence-electron chi connectivity index (χ2n) is 5.25. The van der Waals surface area contributed by atoms with Crippen LogP contribution in [0.3, 0.4) is 0 Å². The monoisotopic (exact) mass is 407 g/mol. The second-order valence-corrected chi connectivity index (χ2v) is 7.27. The minimum Gasteiger partial charge on any atom is -0.507 e. The van der Waals surface area contributed by atoms with Gasteiger partial charge in [-0.05, 0) is 25.5 Å². The molecular weight excluding hydrogens is 386 g/mol. The molecular formula is C18H21N3O4S2. The number of phenols is 1. The third kappa shape index (κ3) is 5.43. The maximum Gasteiger partial charge on any atom is 0.341 e. The highest BCUT2D eigenvalue weighted by Gasteiger charge is 2.19. The molecule has 0 unspecified atom stereocenters. The van der Waals surface area contributed by atoms with Gasteiger partial charge in [0.05, 0.1) is 12.2 Å². The summed E-state index contributed by atoms with van der Waals surface area (Å²) in [5, 5.41) is 15.0. The van der Waals surface area contributed by atoms with E-state index in [4.69, 9.17) is 10.6 Å². The number of anilines is 1. The van der Waals surface area contributed by atoms with Gasteiger partial charge < -0.3 is 15.2 Å². The molecule has 1 aromatic carbocycles. The van der Waals surface area contributed by atoms with Gasteiger partial charge >= 0.3 is 5.97 Å². The highest BCUT2D eigenvalue weighted by atomic mass is 32.1. The van der Waals surface area contributed by atoms with Gasteiger partial charge in [0.2, 0.25) is 0 Å². The van der Waals surface area contributed by atoms with Crippen molar-refractivity contribution in [3.05, 3.63) is 46.3 Å². The molecule has 0 fully saturated rings. The normalized spacial score (nSPS) is 10.0. The lowest BCUT2D eigenvalue weighted by molar-refractivity contribution is -0.114. The van der Waals surface area contributed by atoms with E-state index >= 15 is 0 Å². The number of esters is 1. The van der Waals surface area contributed by atoms with Crippen LogP contribution in [0.2, 0.25) is 0 Å². The SMILES string of the molecule is CCOC(=O)c1cc(CC)sc1NC(=S=Cc1ccccc1O)C(=O)NN. The minimum atomic E-state index is -0.548. The highest BCUT2D eigenvalue weighted by molar-refractivity contribution is 7.98. The van der Waals surface area contributed by atoms with Crippen molar-refractivity contribution in [2.45, 2.75) is 20.3 Å². The number of ether oxygens (including phenoxy) is 1. The summed E-state index contributed by atoms with van der Waals surface area (Å²) in [5.41, 5.74) is 3.00. The Morgan fingerprint density at radius 1 is 1.33 bits per heavy atom. The Bertz CT molecular complexity index is 902. The molecule has 0 saturated heterocycles. The summed E-state index contributed by atoms with van der Waals surface area (Å²) in [6.07, 6.45) is 0.744. The van der Waals surface area contributed by atoms with Crippen molar-refractivity contribution in [1.82, 2.24) is 5.43 Å². The van der Waals surface area contributed by atoms with Crippen molar-refractivity contribution in [1.29, 1.82) is 0 Å². The van der Waals surface area contributed by atoms with Crippen molar-refractivity contribution in [3.8, 4) is 5.75 Å². The number of aromatic hydroxyl groups is 1. The quantitative estimate of drug-likeness (QED) is 0.199. The number of phenolic OH excluding ortho intramolecular Hbond substituents is 1. The average Bonchev–Trinajstić information content (AvgIpc) is 3.09. The Morgan fingerprint density at radius 2 is 2.07 bits per heavy atom. The van der Waals surface area contributed by atoms with Gasteiger partial charge in [-0.3, -0.25) is 10.2 Å². The summed E-state index contributed by atoms with van der Waals surface area (Å²) in [7, 11) is 1.05. The molecule has 0 saturated carbocycles. The van der Waals surface area contributed by atoms with Gasteiger partial charge in [-0.25, -0.2) is 10.6 Å². The predicted octanol–water partition coefficient (Wildman–Crippen LogP) is 2.31. The summed E-state index contributed by atoms with van der Waals surface area (Å²) in [5.74, 6) is 4.36. The lowest BCUT2D eigenvalue weighted by Crippen LogP contribution is -2.38. The molecule has 0 aliphatic carbocycles. The Labute approximate surface area is 164 Å². The van der Waals surface area contributed by atoms with E-state index in [2.05, 4.69) is 10.7 Å². The number of rotatable bonds is 5. The number of benzene rings is 1. The van der Waals surface area contributed by atoms with Gasteiger partial charge in [0.15, 0.2) is 4.99 Å². The van der Waals surface area contributed by atoms with Crippen molar-refractivity contribution in [2.75, 3.05) is 11.9 Å². The van der Waals surface area contributed by atoms with E-state index in [9.17, 15) is 14.7 Å². The second kappa shape index (κ2) is 9.91. The van der Waals surface area contributed by atoms with Crippen molar-refractivity contribution >= 4 is 49.5 Å². The molecule has 0 aliphatic heterocycles. The molecule has 0 spiro atoms. The molecule has 144 valence electrons. The summed E-state index contributed by atoms with van der Waals surface area (Å²) in [4.78, 5) is 25.5. The molecule has 7 nitrogen and oxygen atoms in total. The van der Waals surface area contributed by atoms with Crippen LogP contribution in [0, 0.1) is 0 Å². The molecule has 5 N–H and O–H groups in total. The van der Waals surface area contributed by atoms with Crippen LogP contribution in [0.25, 0.3) is 0 Å². The number of aryl methyl sites for hydroxylation is 1. The van der Waals surface area contributed by atoms with Crippen LogP contribution in [-0.4, -0.2) is 33.9 Å². The Kier molecular flexibility index (Phi) is 7.59. The maximum atomic E-state index is 12.2. The van der Waals surface area contributed by atoms with E-state index in [1.54, 1.807) is 42.6 Å². The molecule has 0 atom stereocenters. The molecule has 1 aromatic heterocycles. The third-order valence-electron chi connectivity index (χ3n) is 3.43. The molecule has 9 heteroatoms. The topological polar surface area (TPSA) is 114 Å². The molecule has 2 rings (SSSR count). The van der Waals surface area contributed by atoms with Crippen LogP contribution in [-0.2, 0) is 16.0 Å². The Morgan fingerprint density at radius 3 is 2.70 bits per heavy atom. The number of hydrogen-bond donors (Lipinski definition) is 4. The van der Waals surface area contributed by atoms with Crippen molar-refractivity contribution < 1.29 is 19.4 Å². The standard InChI is InChI=1S/C18H21N3O4S2/c1-3-12-9-13(18(24)25-4-2)16(27-12)20-17(15(23)21-19)26-10-11-7-5-6-8-14(11)22/h5-10,20,22H,3-4,19H2,1-2H3,(H,21,23). The maximum absolute atomic E-state index is 12.2. The molecule has 1 heterocycles. The van der Waals surface area contributed by atoms with Crippen LogP contribution in [0.5, 0.6) is 5.75 Å². The molecule has 0 radical (unpaired) electrons. The van der Waals surface area contributed by atoms with Crippen molar-refractivity contribution in [2.24, 2.45) is 5.84 Å². The fourth-order valence-corrected chi connectivity index (χ4v) is 3.91. The first kappa shape index (κ1) is 20.7. The van der Waals surface area contributed by atoms with E-state index < -0.39 is 11.9 Å². The first-order chi connectivity index (χ1) is 13.0. The Hall–Kier alpha value is -2.62. The first-order valence-electron chi connectivity index (χ1n) is 8.22. The number of amides is 1. The van der Waals surface area contributed by atoms with Crippen LogP contribution in [0.4, 0.5) is 5.00 Å². The van der Waals surface area contributed by atoms with Gasteiger partial charge in [0, 0.05) is 15.8 Å². The van der Waals surface area contributed by atoms with Gasteiger partial charge in [-0.1, -0.05) is 25.1 Å². The van der Waals surface area contributed by atoms with E-state index in [-0.39, 0.29) is 17.3 Å². The average molecular weight is 408 g/mol. The zero-order valence-corrected chi connectivity index (χ0v) is 16.6. The molecule has 2 aromatic rings. The number of para-hydroxylation sites is 1. The predicted molar refractivity (Wildman–Crippen MR) is 111 cm³/mol. The van der Waals surface area contributed by atoms with E-state index in [1.165, 1.54) is 11.3 Å². The summed E-state index contributed by atoms with van der Waals surface area (Å²) in [6.45, 7) is 3.96. The molecule has 27 heavy (non-hydrogen) atoms. The summed E-state index contributed by atoms with van der Waals surface area (Å²) in [6, 6.07) is 8.49. The fraction of sp³-hybridized carbons (Fsp3) is 0.222. The summed E-state index contributed by atoms with van der Waals surface area (Å²) < 4.78 is 5.09. The third-order valence-corrected chi connectivity index (χ3v) is 5.52. The van der Waals surface area contributed by atoms with E-state index in [0.29, 0.717) is 16.1 Å². The number of hydrazine groups is 1. The number of hydrogen-bond acceptors (Lipinski definition) is 6. The van der Waals surface area contributed by atoms with Gasteiger partial charge in [-0.2, -0.15) is 0 Å². The molecule has 1 amide bonds. The lowest BCUT2D eigenvalue weighted by Gasteiger charge is -2.08. The number of carbonyl (C=O) groups excluding carboxylic acids is 2. The minimum absolute atomic E-state index is 0.0918. The number of thiophene rings is 1. The largest absolute Gasteiger partial charge is 0.507 e. The Balaban J connectivity index is 2.44. The summed E-state index contributed by atoms with van der Waals surface area (Å²) >= 11 is 1.36. The van der Waals surface area contributed by atoms with E-state index in [0.717, 1.165) is 22.2 Å². The van der Waals surface area contributed by atoms with Crippen molar-refractivity contribution in [3.63, 3.8) is 0 Å². The van der Waals surface area contributed by atoms with E-state index in [1.807, 2.05) is 6.92 Å². The van der Waals surface area contributed by atoms with Gasteiger partial charge in [0.1, 0.15) is 10.8 Å². The van der Waals surface area contributed by atoms with Crippen LogP contribution in [0.1, 0.15) is 34.6 Å². The van der Waals surface area contributed by atoms with Gasteiger partial charge in [0.25, 0.3) is 5.91 Å². The zero-order valence-electron chi connectivity index (χ0n) is 14.9. The van der Waals surface area contributed by atoms with Gasteiger partial charge in [-0.15, -0.1) is 22.3 Å². The van der Waals surface area contributed by atoms with Crippen LogP contribution >= 0.6 is 22.3 Å². The number of carbonyl (C=O) groups is 2. The highest BCUT2D eigenvalue weighted by Crippen LogP contribution is 2.29. The zero-order chi connectivity index (χ0) is 19.8. The molecule has 0 aliphatic rings. The van der Waals surface area contributed by atoms with Crippen LogP contribution < -0.4 is 16.6 Å². The molecule has 0 bridgehead atoms. The number of nitrogens with one attached hydrogen (secondary N) is 2. The smallest absolute Gasteiger partial charge is 0.341 e. The first-order valence-corrected chi connectivity index (χ1v) is 9.92. The van der Waals surface area contributed by atoms with Crippen LogP contribution in [0.15, 0.2) is 30.3 Å².